The van der Waals surface area contributed by atoms with Gasteiger partial charge in [0.1, 0.15) is 5.82 Å². The fraction of sp³-hybridized carbons (Fsp3) is 0. The van der Waals surface area contributed by atoms with Crippen molar-refractivity contribution in [2.24, 2.45) is 0 Å². The van der Waals surface area contributed by atoms with Crippen LogP contribution >= 0.6 is 15.9 Å². The zero-order chi connectivity index (χ0) is 12.4. The maximum Gasteiger partial charge on any atom is 0.337 e. The highest BCUT2D eigenvalue weighted by Crippen LogP contribution is 2.10. The van der Waals surface area contributed by atoms with Gasteiger partial charge >= 0.3 is 5.97 Å². The molecule has 0 saturated heterocycles. The number of carboxylic acid groups (broad SMARTS) is 1. The fourth-order valence-electron chi connectivity index (χ4n) is 1.33. The van der Waals surface area contributed by atoms with E-state index in [0.717, 1.165) is 0 Å². The summed E-state index contributed by atoms with van der Waals surface area (Å²) in [6.45, 7) is 0. The zero-order valence-corrected chi connectivity index (χ0v) is 10.1. The van der Waals surface area contributed by atoms with Crippen molar-refractivity contribution < 1.29 is 9.90 Å². The van der Waals surface area contributed by atoms with Gasteiger partial charge in [0, 0.05) is 12.4 Å². The summed E-state index contributed by atoms with van der Waals surface area (Å²) in [4.78, 5) is 26.7. The lowest BCUT2D eigenvalue weighted by Crippen LogP contribution is -2.21. The van der Waals surface area contributed by atoms with Crippen LogP contribution in [-0.2, 0) is 0 Å². The number of hydrogen-bond donors (Lipinski definition) is 1. The molecule has 2 aromatic heterocycles. The van der Waals surface area contributed by atoms with E-state index in [2.05, 4.69) is 20.9 Å². The van der Waals surface area contributed by atoms with Crippen LogP contribution in [0.15, 0.2) is 45.9 Å². The summed E-state index contributed by atoms with van der Waals surface area (Å²) < 4.78 is 1.37. The number of carbonyl (C=O) groups is 1. The Balaban J connectivity index is 2.70. The predicted molar refractivity (Wildman–Crippen MR) is 64.5 cm³/mol. The summed E-state index contributed by atoms with van der Waals surface area (Å²) in [6, 6.07) is 6.32. The maximum atomic E-state index is 11.8. The summed E-state index contributed by atoms with van der Waals surface area (Å²) >= 11 is 3.04. The molecule has 0 amide bonds. The van der Waals surface area contributed by atoms with Crippen LogP contribution in [0.5, 0.6) is 0 Å². The molecule has 86 valence electrons. The van der Waals surface area contributed by atoms with Crippen molar-refractivity contribution in [2.75, 3.05) is 0 Å². The number of carboxylic acids is 1. The minimum absolute atomic E-state index is 0.0159. The van der Waals surface area contributed by atoms with Crippen molar-refractivity contribution in [2.45, 2.75) is 0 Å². The normalized spacial score (nSPS) is 10.2. The molecule has 0 aromatic carbocycles. The Bertz CT molecular complexity index is 622. The van der Waals surface area contributed by atoms with Gasteiger partial charge in [-0.3, -0.25) is 9.36 Å². The molecule has 6 heteroatoms. The van der Waals surface area contributed by atoms with Crippen molar-refractivity contribution in [1.29, 1.82) is 0 Å². The second-order valence-corrected chi connectivity index (χ2v) is 4.10. The molecule has 2 heterocycles. The van der Waals surface area contributed by atoms with Gasteiger partial charge in [-0.25, -0.2) is 9.78 Å². The predicted octanol–water partition coefficient (Wildman–Crippen LogP) is 1.69. The fourth-order valence-corrected chi connectivity index (χ4v) is 1.77. The third kappa shape index (κ3) is 2.26. The van der Waals surface area contributed by atoms with Crippen molar-refractivity contribution in [3.63, 3.8) is 0 Å². The summed E-state index contributed by atoms with van der Waals surface area (Å²) in [5.74, 6) is -0.725. The minimum atomic E-state index is -1.10. The third-order valence-electron chi connectivity index (χ3n) is 2.12. The van der Waals surface area contributed by atoms with Crippen LogP contribution in [0.25, 0.3) is 5.82 Å². The van der Waals surface area contributed by atoms with E-state index in [1.165, 1.54) is 23.0 Å². The lowest BCUT2D eigenvalue weighted by molar-refractivity contribution is 0.0696. The first kappa shape index (κ1) is 11.5. The minimum Gasteiger partial charge on any atom is -0.478 e. The van der Waals surface area contributed by atoms with Gasteiger partial charge in [0.05, 0.1) is 10.0 Å². The Hall–Kier alpha value is -1.95. The average Bonchev–Trinajstić information content (AvgIpc) is 2.33. The summed E-state index contributed by atoms with van der Waals surface area (Å²) in [5, 5.41) is 8.91. The number of aromatic carboxylic acids is 1. The Morgan fingerprint density at radius 3 is 2.76 bits per heavy atom. The molecule has 0 aliphatic rings. The van der Waals surface area contributed by atoms with Gasteiger partial charge in [-0.2, -0.15) is 0 Å². The van der Waals surface area contributed by atoms with Crippen molar-refractivity contribution in [1.82, 2.24) is 9.55 Å². The zero-order valence-electron chi connectivity index (χ0n) is 8.50. The molecule has 0 radical (unpaired) electrons. The molecule has 5 nitrogen and oxygen atoms in total. The SMILES string of the molecule is O=C(O)c1cc(Br)c(=O)n(-c2ccccn2)c1. The molecule has 0 spiro atoms. The van der Waals surface area contributed by atoms with Gasteiger partial charge in [-0.15, -0.1) is 0 Å². The standard InChI is InChI=1S/C11H7BrN2O3/c12-8-5-7(11(16)17)6-14(10(8)15)9-3-1-2-4-13-9/h1-6H,(H,16,17). The second-order valence-electron chi connectivity index (χ2n) is 3.24. The first-order valence-electron chi connectivity index (χ1n) is 4.66. The van der Waals surface area contributed by atoms with Crippen LogP contribution in [0.2, 0.25) is 0 Å². The van der Waals surface area contributed by atoms with Crippen LogP contribution in [0.3, 0.4) is 0 Å². The van der Waals surface area contributed by atoms with Crippen molar-refractivity contribution in [3.8, 4) is 5.82 Å². The molecule has 1 N–H and O–H groups in total. The highest BCUT2D eigenvalue weighted by Gasteiger charge is 2.11. The molecular weight excluding hydrogens is 288 g/mol. The van der Waals surface area contributed by atoms with Crippen LogP contribution in [-0.4, -0.2) is 20.6 Å². The van der Waals surface area contributed by atoms with Crippen LogP contribution in [0.4, 0.5) is 0 Å². The highest BCUT2D eigenvalue weighted by atomic mass is 79.9. The van der Waals surface area contributed by atoms with Gasteiger partial charge < -0.3 is 5.11 Å². The van der Waals surface area contributed by atoms with Gasteiger partial charge in [0.2, 0.25) is 0 Å². The van der Waals surface area contributed by atoms with Crippen LogP contribution in [0.1, 0.15) is 10.4 Å². The molecule has 2 aromatic rings. The summed E-state index contributed by atoms with van der Waals surface area (Å²) in [6.07, 6.45) is 2.78. The molecular formula is C11H7BrN2O3. The third-order valence-corrected chi connectivity index (χ3v) is 2.68. The molecule has 2 rings (SSSR count). The van der Waals surface area contributed by atoms with E-state index in [9.17, 15) is 9.59 Å². The largest absolute Gasteiger partial charge is 0.478 e. The summed E-state index contributed by atoms with van der Waals surface area (Å²) in [5.41, 5.74) is -0.337. The van der Waals surface area contributed by atoms with E-state index in [0.29, 0.717) is 5.82 Å². The number of rotatable bonds is 2. The second kappa shape index (κ2) is 4.50. The molecule has 0 unspecified atom stereocenters. The van der Waals surface area contributed by atoms with E-state index in [4.69, 9.17) is 5.11 Å². The number of aromatic nitrogens is 2. The van der Waals surface area contributed by atoms with Gasteiger partial charge in [-0.05, 0) is 34.1 Å². The number of pyridine rings is 2. The Morgan fingerprint density at radius 2 is 2.18 bits per heavy atom. The van der Waals surface area contributed by atoms with E-state index < -0.39 is 5.97 Å². The van der Waals surface area contributed by atoms with E-state index in [1.807, 2.05) is 0 Å². The number of nitrogens with zero attached hydrogens (tertiary/aromatic N) is 2. The van der Waals surface area contributed by atoms with Crippen LogP contribution in [0, 0.1) is 0 Å². The Morgan fingerprint density at radius 1 is 1.41 bits per heavy atom. The first-order chi connectivity index (χ1) is 8.09. The number of halogens is 1. The van der Waals surface area contributed by atoms with E-state index in [1.54, 1.807) is 18.2 Å². The lowest BCUT2D eigenvalue weighted by Gasteiger charge is -2.06. The quantitative estimate of drug-likeness (QED) is 0.915. The highest BCUT2D eigenvalue weighted by molar-refractivity contribution is 9.10. The number of hydrogen-bond acceptors (Lipinski definition) is 3. The van der Waals surface area contributed by atoms with E-state index in [-0.39, 0.29) is 15.6 Å². The lowest BCUT2D eigenvalue weighted by atomic mass is 10.3. The van der Waals surface area contributed by atoms with Crippen molar-refractivity contribution >= 4 is 21.9 Å². The van der Waals surface area contributed by atoms with Gasteiger partial charge in [0.15, 0.2) is 0 Å². The molecule has 17 heavy (non-hydrogen) atoms. The first-order valence-corrected chi connectivity index (χ1v) is 5.46. The van der Waals surface area contributed by atoms with Crippen molar-refractivity contribution in [3.05, 3.63) is 57.0 Å². The molecule has 0 bridgehead atoms. The monoisotopic (exact) mass is 294 g/mol. The molecule has 0 aliphatic carbocycles. The molecule has 0 aliphatic heterocycles. The Kier molecular flexibility index (Phi) is 3.06. The maximum absolute atomic E-state index is 11.8. The summed E-state index contributed by atoms with van der Waals surface area (Å²) in [7, 11) is 0. The Labute approximate surface area is 104 Å². The topological polar surface area (TPSA) is 72.2 Å². The van der Waals surface area contributed by atoms with E-state index >= 15 is 0 Å². The van der Waals surface area contributed by atoms with Crippen LogP contribution < -0.4 is 5.56 Å². The smallest absolute Gasteiger partial charge is 0.337 e. The molecule has 0 atom stereocenters. The van der Waals surface area contributed by atoms with Gasteiger partial charge in [0.25, 0.3) is 5.56 Å². The molecule has 0 fully saturated rings. The average molecular weight is 295 g/mol. The van der Waals surface area contributed by atoms with Gasteiger partial charge in [-0.1, -0.05) is 6.07 Å². The molecule has 0 saturated carbocycles.